The molecule has 0 spiro atoms. The van der Waals surface area contributed by atoms with Crippen LogP contribution in [-0.2, 0) is 0 Å². The SMILES string of the molecule is c1ccc(-c2ccc(-n3c4ccccc4c4c5ccc6c(c5ccc43)c3ccccc3n6-c3ccccc3)nn2)cc1. The molecule has 0 bridgehead atoms. The number of hydrogen-bond donors (Lipinski definition) is 0. The first-order chi connectivity index (χ1) is 20.9. The van der Waals surface area contributed by atoms with Crippen LogP contribution >= 0.6 is 0 Å². The van der Waals surface area contributed by atoms with Gasteiger partial charge in [0.2, 0.25) is 0 Å². The molecule has 0 aliphatic heterocycles. The molecule has 6 aromatic carbocycles. The van der Waals surface area contributed by atoms with Crippen molar-refractivity contribution < 1.29 is 0 Å². The molecule has 0 N–H and O–H groups in total. The van der Waals surface area contributed by atoms with Crippen molar-refractivity contribution >= 4 is 54.4 Å². The first-order valence-corrected chi connectivity index (χ1v) is 14.2. The van der Waals surface area contributed by atoms with Crippen LogP contribution in [0.25, 0.3) is 77.1 Å². The van der Waals surface area contributed by atoms with Crippen molar-refractivity contribution in [2.45, 2.75) is 0 Å². The average Bonchev–Trinajstić information content (AvgIpc) is 3.59. The lowest BCUT2D eigenvalue weighted by atomic mass is 9.99. The largest absolute Gasteiger partial charge is 0.309 e. The maximum absolute atomic E-state index is 4.72. The van der Waals surface area contributed by atoms with E-state index in [1.807, 2.05) is 18.2 Å². The molecule has 0 amide bonds. The number of benzene rings is 6. The second kappa shape index (κ2) is 8.88. The summed E-state index contributed by atoms with van der Waals surface area (Å²) in [4.78, 5) is 0. The topological polar surface area (TPSA) is 35.6 Å². The van der Waals surface area contributed by atoms with E-state index in [-0.39, 0.29) is 0 Å². The number of para-hydroxylation sites is 3. The molecule has 9 aromatic rings. The molecular formula is C38H24N4. The predicted octanol–water partition coefficient (Wildman–Crippen LogP) is 9.49. The van der Waals surface area contributed by atoms with E-state index in [4.69, 9.17) is 5.10 Å². The van der Waals surface area contributed by atoms with Crippen molar-refractivity contribution in [2.24, 2.45) is 0 Å². The zero-order valence-corrected chi connectivity index (χ0v) is 22.6. The summed E-state index contributed by atoms with van der Waals surface area (Å²) in [5.41, 5.74) is 7.75. The van der Waals surface area contributed by atoms with Gasteiger partial charge in [0.25, 0.3) is 0 Å². The summed E-state index contributed by atoms with van der Waals surface area (Å²) in [6.45, 7) is 0. The second-order valence-electron chi connectivity index (χ2n) is 10.7. The highest BCUT2D eigenvalue weighted by molar-refractivity contribution is 6.29. The van der Waals surface area contributed by atoms with E-state index in [1.54, 1.807) is 0 Å². The number of hydrogen-bond acceptors (Lipinski definition) is 2. The molecule has 3 heterocycles. The fourth-order valence-corrected chi connectivity index (χ4v) is 6.65. The molecule has 3 aromatic heterocycles. The maximum Gasteiger partial charge on any atom is 0.160 e. The minimum atomic E-state index is 0.807. The molecule has 0 saturated carbocycles. The molecule has 196 valence electrons. The van der Waals surface area contributed by atoms with Gasteiger partial charge < -0.3 is 4.57 Å². The highest BCUT2D eigenvalue weighted by Crippen LogP contribution is 2.42. The third kappa shape index (κ3) is 3.23. The van der Waals surface area contributed by atoms with Gasteiger partial charge in [0.15, 0.2) is 5.82 Å². The van der Waals surface area contributed by atoms with Gasteiger partial charge in [-0.1, -0.05) is 97.1 Å². The van der Waals surface area contributed by atoms with E-state index in [0.717, 1.165) is 28.1 Å². The Morgan fingerprint density at radius 2 is 0.905 bits per heavy atom. The Kier molecular flexibility index (Phi) is 4.87. The molecular weight excluding hydrogens is 512 g/mol. The van der Waals surface area contributed by atoms with Gasteiger partial charge in [-0.15, -0.1) is 10.2 Å². The number of nitrogens with zero attached hydrogens (tertiary/aromatic N) is 4. The van der Waals surface area contributed by atoms with Crippen LogP contribution in [0, 0.1) is 0 Å². The van der Waals surface area contributed by atoms with E-state index in [0.29, 0.717) is 0 Å². The molecule has 0 aliphatic carbocycles. The summed E-state index contributed by atoms with van der Waals surface area (Å²) in [7, 11) is 0. The molecule has 0 saturated heterocycles. The molecule has 9 rings (SSSR count). The monoisotopic (exact) mass is 536 g/mol. The van der Waals surface area contributed by atoms with Crippen molar-refractivity contribution in [2.75, 3.05) is 0 Å². The van der Waals surface area contributed by atoms with E-state index >= 15 is 0 Å². The van der Waals surface area contributed by atoms with Crippen molar-refractivity contribution in [3.8, 4) is 22.8 Å². The fraction of sp³-hybridized carbons (Fsp3) is 0. The van der Waals surface area contributed by atoms with Crippen molar-refractivity contribution in [1.29, 1.82) is 0 Å². The van der Waals surface area contributed by atoms with Crippen LogP contribution in [0.2, 0.25) is 0 Å². The number of rotatable bonds is 3. The van der Waals surface area contributed by atoms with Gasteiger partial charge in [-0.3, -0.25) is 4.57 Å². The zero-order valence-electron chi connectivity index (χ0n) is 22.6. The fourth-order valence-electron chi connectivity index (χ4n) is 6.65. The molecule has 0 aliphatic rings. The lowest BCUT2D eigenvalue weighted by molar-refractivity contribution is 0.958. The van der Waals surface area contributed by atoms with Crippen LogP contribution in [0.4, 0.5) is 0 Å². The zero-order chi connectivity index (χ0) is 27.6. The lowest BCUT2D eigenvalue weighted by Crippen LogP contribution is -1.99. The molecule has 0 unspecified atom stereocenters. The number of fused-ring (bicyclic) bond motifs is 9. The smallest absolute Gasteiger partial charge is 0.160 e. The minimum absolute atomic E-state index is 0.807. The predicted molar refractivity (Wildman–Crippen MR) is 174 cm³/mol. The molecule has 42 heavy (non-hydrogen) atoms. The molecule has 4 heteroatoms. The summed E-state index contributed by atoms with van der Waals surface area (Å²) in [5.74, 6) is 0.807. The van der Waals surface area contributed by atoms with Gasteiger partial charge in [-0.2, -0.15) is 0 Å². The minimum Gasteiger partial charge on any atom is -0.309 e. The first-order valence-electron chi connectivity index (χ1n) is 14.2. The Hall–Kier alpha value is -5.74. The first kappa shape index (κ1) is 23.0. The van der Waals surface area contributed by atoms with Gasteiger partial charge in [-0.25, -0.2) is 0 Å². The van der Waals surface area contributed by atoms with Crippen LogP contribution in [0.1, 0.15) is 0 Å². The maximum atomic E-state index is 4.72. The van der Waals surface area contributed by atoms with E-state index in [1.165, 1.54) is 49.0 Å². The summed E-state index contributed by atoms with van der Waals surface area (Å²) in [6, 6.07) is 51.4. The van der Waals surface area contributed by atoms with Crippen LogP contribution in [0.3, 0.4) is 0 Å². The third-order valence-corrected chi connectivity index (χ3v) is 8.43. The summed E-state index contributed by atoms with van der Waals surface area (Å²) >= 11 is 0. The number of aromatic nitrogens is 4. The Bertz CT molecular complexity index is 2430. The lowest BCUT2D eigenvalue weighted by Gasteiger charge is -2.09. The van der Waals surface area contributed by atoms with Gasteiger partial charge in [-0.05, 0) is 59.3 Å². The normalized spacial score (nSPS) is 11.8. The van der Waals surface area contributed by atoms with E-state index in [2.05, 4.69) is 142 Å². The molecule has 0 radical (unpaired) electrons. The van der Waals surface area contributed by atoms with Crippen molar-refractivity contribution in [3.63, 3.8) is 0 Å². The Morgan fingerprint density at radius 3 is 1.52 bits per heavy atom. The molecule has 4 nitrogen and oxygen atoms in total. The summed E-state index contributed by atoms with van der Waals surface area (Å²) in [5, 5.41) is 16.8. The Balaban J connectivity index is 1.35. The molecule has 0 fully saturated rings. The average molecular weight is 537 g/mol. The Morgan fingerprint density at radius 1 is 0.357 bits per heavy atom. The van der Waals surface area contributed by atoms with Gasteiger partial charge >= 0.3 is 0 Å². The summed E-state index contributed by atoms with van der Waals surface area (Å²) in [6.07, 6.45) is 0. The van der Waals surface area contributed by atoms with Crippen LogP contribution < -0.4 is 0 Å². The van der Waals surface area contributed by atoms with Crippen molar-refractivity contribution in [1.82, 2.24) is 19.3 Å². The Labute approximate surface area is 241 Å². The van der Waals surface area contributed by atoms with E-state index in [9.17, 15) is 0 Å². The third-order valence-electron chi connectivity index (χ3n) is 8.43. The highest BCUT2D eigenvalue weighted by atomic mass is 15.2. The highest BCUT2D eigenvalue weighted by Gasteiger charge is 2.19. The van der Waals surface area contributed by atoms with Crippen LogP contribution in [-0.4, -0.2) is 19.3 Å². The second-order valence-corrected chi connectivity index (χ2v) is 10.7. The molecule has 0 atom stereocenters. The van der Waals surface area contributed by atoms with Crippen LogP contribution in [0.15, 0.2) is 146 Å². The van der Waals surface area contributed by atoms with Crippen molar-refractivity contribution in [3.05, 3.63) is 146 Å². The quantitative estimate of drug-likeness (QED) is 0.225. The van der Waals surface area contributed by atoms with E-state index < -0.39 is 0 Å². The van der Waals surface area contributed by atoms with Gasteiger partial charge in [0.1, 0.15) is 0 Å². The van der Waals surface area contributed by atoms with Gasteiger partial charge in [0, 0.05) is 32.8 Å². The standard InChI is InChI=1S/C38H24N4/c1-3-11-25(12-4-1)31-21-24-36(40-39-31)42-33-18-10-8-16-30(33)38-28-19-22-34-37(27(28)20-23-35(38)42)29-15-7-9-17-32(29)41(34)26-13-5-2-6-14-26/h1-24H. The summed E-state index contributed by atoms with van der Waals surface area (Å²) < 4.78 is 4.62. The van der Waals surface area contributed by atoms with Crippen LogP contribution in [0.5, 0.6) is 0 Å². The van der Waals surface area contributed by atoms with Gasteiger partial charge in [0.05, 0.1) is 27.8 Å².